The Hall–Kier alpha value is -4.34. The van der Waals surface area contributed by atoms with E-state index < -0.39 is 17.1 Å². The van der Waals surface area contributed by atoms with Crippen LogP contribution >= 0.6 is 50.9 Å². The summed E-state index contributed by atoms with van der Waals surface area (Å²) in [7, 11) is 0. The van der Waals surface area contributed by atoms with Crippen LogP contribution in [0.5, 0.6) is 0 Å². The monoisotopic (exact) mass is 729 g/mol. The molecule has 0 aliphatic heterocycles. The minimum absolute atomic E-state index is 0.0654. The van der Waals surface area contributed by atoms with Crippen LogP contribution in [0.3, 0.4) is 0 Å². The van der Waals surface area contributed by atoms with Crippen LogP contribution in [0.2, 0.25) is 10.0 Å². The van der Waals surface area contributed by atoms with Gasteiger partial charge >= 0.3 is 0 Å². The van der Waals surface area contributed by atoms with Gasteiger partial charge in [0, 0.05) is 25.6 Å². The zero-order chi connectivity index (χ0) is 32.5. The highest BCUT2D eigenvalue weighted by molar-refractivity contribution is 9.10. The lowest BCUT2D eigenvalue weighted by Crippen LogP contribution is -2.30. The van der Waals surface area contributed by atoms with Crippen LogP contribution in [0.4, 0.5) is 11.4 Å². The summed E-state index contributed by atoms with van der Waals surface area (Å²) in [6.45, 7) is 0. The second-order valence-corrected chi connectivity index (χ2v) is 12.9. The topological polar surface area (TPSA) is 87.3 Å². The number of rotatable bonds is 10. The third kappa shape index (κ3) is 9.11. The third-order valence-corrected chi connectivity index (χ3v) is 8.91. The molecule has 6 nitrogen and oxygen atoms in total. The largest absolute Gasteiger partial charge is 0.323 e. The molecule has 10 heteroatoms. The summed E-state index contributed by atoms with van der Waals surface area (Å²) in [6, 6.07) is 37.4. The Morgan fingerprint density at radius 2 is 1.43 bits per heavy atom. The van der Waals surface area contributed by atoms with E-state index in [0.29, 0.717) is 27.0 Å². The molecule has 230 valence electrons. The first-order chi connectivity index (χ1) is 22.2. The molecular weight excluding hydrogens is 705 g/mol. The molecule has 0 heterocycles. The second-order valence-electron chi connectivity index (χ2n) is 9.93. The van der Waals surface area contributed by atoms with Crippen molar-refractivity contribution in [1.29, 1.82) is 0 Å². The Kier molecular flexibility index (Phi) is 11.3. The van der Waals surface area contributed by atoms with Crippen molar-refractivity contribution < 1.29 is 14.4 Å². The zero-order valence-corrected chi connectivity index (χ0v) is 28.0. The summed E-state index contributed by atoms with van der Waals surface area (Å²) in [6.07, 6.45) is 1.61. The van der Waals surface area contributed by atoms with E-state index >= 15 is 0 Å². The molecule has 3 N–H and O–H groups in total. The minimum Gasteiger partial charge on any atom is -0.323 e. The lowest BCUT2D eigenvalue weighted by Gasteiger charge is -2.18. The Balaban J connectivity index is 1.38. The van der Waals surface area contributed by atoms with E-state index in [1.165, 1.54) is 11.8 Å². The highest BCUT2D eigenvalue weighted by atomic mass is 79.9. The van der Waals surface area contributed by atoms with Gasteiger partial charge < -0.3 is 16.0 Å². The maximum atomic E-state index is 13.6. The molecule has 5 aromatic carbocycles. The number of anilines is 2. The van der Waals surface area contributed by atoms with Crippen molar-refractivity contribution >= 4 is 86.1 Å². The molecule has 0 bridgehead atoms. The SMILES string of the molecule is O=C(Nc1cccc(SC(C(=O)Nc2ccc(Cl)cc2Cl)c2ccccc2)c1)/C(=C/c1ccc(Br)cc1)NC(=O)c1ccccc1. The summed E-state index contributed by atoms with van der Waals surface area (Å²) >= 11 is 17.1. The average Bonchev–Trinajstić information content (AvgIpc) is 3.06. The van der Waals surface area contributed by atoms with Crippen LogP contribution in [0.25, 0.3) is 6.08 Å². The van der Waals surface area contributed by atoms with Crippen LogP contribution in [-0.4, -0.2) is 17.7 Å². The first-order valence-electron chi connectivity index (χ1n) is 14.0. The number of halogens is 3. The molecule has 1 unspecified atom stereocenters. The molecule has 0 aliphatic rings. The van der Waals surface area contributed by atoms with E-state index in [-0.39, 0.29) is 11.6 Å². The van der Waals surface area contributed by atoms with Crippen molar-refractivity contribution in [2.24, 2.45) is 0 Å². The molecular formula is C36H26BrCl2N3O3S. The number of hydrogen-bond acceptors (Lipinski definition) is 4. The maximum Gasteiger partial charge on any atom is 0.272 e. The van der Waals surface area contributed by atoms with Gasteiger partial charge in [-0.2, -0.15) is 0 Å². The molecule has 1 atom stereocenters. The van der Waals surface area contributed by atoms with E-state index in [2.05, 4.69) is 31.9 Å². The molecule has 5 rings (SSSR count). The number of amides is 3. The molecule has 3 amide bonds. The summed E-state index contributed by atoms with van der Waals surface area (Å²) in [5.41, 5.74) is 2.92. The van der Waals surface area contributed by atoms with Gasteiger partial charge in [0.05, 0.1) is 10.7 Å². The van der Waals surface area contributed by atoms with Crippen LogP contribution in [-0.2, 0) is 9.59 Å². The zero-order valence-electron chi connectivity index (χ0n) is 24.0. The van der Waals surface area contributed by atoms with Gasteiger partial charge in [0.2, 0.25) is 5.91 Å². The number of benzene rings is 5. The highest BCUT2D eigenvalue weighted by Gasteiger charge is 2.23. The van der Waals surface area contributed by atoms with Gasteiger partial charge in [-0.15, -0.1) is 11.8 Å². The van der Waals surface area contributed by atoms with Crippen molar-refractivity contribution in [3.8, 4) is 0 Å². The Morgan fingerprint density at radius 3 is 2.13 bits per heavy atom. The molecule has 0 aliphatic carbocycles. The van der Waals surface area contributed by atoms with Gasteiger partial charge in [-0.25, -0.2) is 0 Å². The van der Waals surface area contributed by atoms with Gasteiger partial charge in [-0.3, -0.25) is 14.4 Å². The van der Waals surface area contributed by atoms with Crippen molar-refractivity contribution in [3.63, 3.8) is 0 Å². The summed E-state index contributed by atoms with van der Waals surface area (Å²) in [5.74, 6) is -1.21. The van der Waals surface area contributed by atoms with Crippen molar-refractivity contribution in [3.05, 3.63) is 164 Å². The molecule has 0 spiro atoms. The van der Waals surface area contributed by atoms with E-state index in [0.717, 1.165) is 20.5 Å². The fourth-order valence-corrected chi connectivity index (χ4v) is 6.14. The van der Waals surface area contributed by atoms with Gasteiger partial charge in [-0.1, -0.05) is 106 Å². The van der Waals surface area contributed by atoms with Crippen molar-refractivity contribution in [2.75, 3.05) is 10.6 Å². The fraction of sp³-hybridized carbons (Fsp3) is 0.0278. The smallest absolute Gasteiger partial charge is 0.272 e. The predicted molar refractivity (Wildman–Crippen MR) is 191 cm³/mol. The molecule has 5 aromatic rings. The number of hydrogen-bond donors (Lipinski definition) is 3. The van der Waals surface area contributed by atoms with E-state index in [1.807, 2.05) is 66.7 Å². The average molecular weight is 731 g/mol. The number of carbonyl (C=O) groups excluding carboxylic acids is 3. The van der Waals surface area contributed by atoms with Gasteiger partial charge in [0.1, 0.15) is 10.9 Å². The lowest BCUT2D eigenvalue weighted by atomic mass is 10.1. The number of thioether (sulfide) groups is 1. The first-order valence-corrected chi connectivity index (χ1v) is 16.4. The van der Waals surface area contributed by atoms with E-state index in [1.54, 1.807) is 66.7 Å². The first kappa shape index (κ1) is 33.0. The fourth-order valence-electron chi connectivity index (χ4n) is 4.34. The van der Waals surface area contributed by atoms with Gasteiger partial charge in [-0.05, 0) is 77.9 Å². The van der Waals surface area contributed by atoms with Crippen LogP contribution in [0.15, 0.2) is 142 Å². The van der Waals surface area contributed by atoms with Crippen LogP contribution in [0.1, 0.15) is 26.7 Å². The van der Waals surface area contributed by atoms with Gasteiger partial charge in [0.25, 0.3) is 11.8 Å². The van der Waals surface area contributed by atoms with E-state index in [4.69, 9.17) is 23.2 Å². The highest BCUT2D eigenvalue weighted by Crippen LogP contribution is 2.38. The van der Waals surface area contributed by atoms with Crippen LogP contribution < -0.4 is 16.0 Å². The van der Waals surface area contributed by atoms with Crippen LogP contribution in [0, 0.1) is 0 Å². The summed E-state index contributed by atoms with van der Waals surface area (Å²) < 4.78 is 0.886. The molecule has 0 radical (unpaired) electrons. The molecule has 0 fully saturated rings. The number of nitrogens with one attached hydrogen (secondary N) is 3. The molecule has 46 heavy (non-hydrogen) atoms. The van der Waals surface area contributed by atoms with Gasteiger partial charge in [0.15, 0.2) is 0 Å². The Morgan fingerprint density at radius 1 is 0.739 bits per heavy atom. The maximum absolute atomic E-state index is 13.6. The molecule has 0 saturated carbocycles. The van der Waals surface area contributed by atoms with E-state index in [9.17, 15) is 14.4 Å². The standard InChI is InChI=1S/C36H26BrCl2N3O3S/c37-26-16-14-23(15-17-26)20-32(42-34(43)25-10-5-2-6-11-25)35(44)40-28-12-7-13-29(22-28)46-33(24-8-3-1-4-9-24)36(45)41-31-19-18-27(38)21-30(31)39/h1-22,33H,(H,40,44)(H,41,45)(H,42,43)/b32-20-. The normalized spacial score (nSPS) is 11.8. The number of carbonyl (C=O) groups is 3. The second kappa shape index (κ2) is 15.8. The minimum atomic E-state index is -0.642. The summed E-state index contributed by atoms with van der Waals surface area (Å²) in [4.78, 5) is 40.9. The van der Waals surface area contributed by atoms with Crippen molar-refractivity contribution in [2.45, 2.75) is 10.1 Å². The molecule has 0 aromatic heterocycles. The third-order valence-electron chi connectivity index (χ3n) is 6.59. The van der Waals surface area contributed by atoms with Crippen molar-refractivity contribution in [1.82, 2.24) is 5.32 Å². The Labute approximate surface area is 289 Å². The Bertz CT molecular complexity index is 1890. The quantitative estimate of drug-likeness (QED) is 0.0987. The molecule has 0 saturated heterocycles. The summed E-state index contributed by atoms with van der Waals surface area (Å²) in [5, 5.41) is 8.70. The predicted octanol–water partition coefficient (Wildman–Crippen LogP) is 9.64. The lowest BCUT2D eigenvalue weighted by molar-refractivity contribution is -0.116.